The summed E-state index contributed by atoms with van der Waals surface area (Å²) in [5.41, 5.74) is 6.36. The molecule has 2 rings (SSSR count). The third-order valence-corrected chi connectivity index (χ3v) is 5.76. The van der Waals surface area contributed by atoms with Gasteiger partial charge in [-0.1, -0.05) is 12.1 Å². The van der Waals surface area contributed by atoms with E-state index in [0.29, 0.717) is 29.7 Å². The van der Waals surface area contributed by atoms with Crippen LogP contribution in [0.4, 0.5) is 5.69 Å². The maximum absolute atomic E-state index is 11.7. The number of benzene rings is 1. The average Bonchev–Trinajstić information content (AvgIpc) is 2.48. The molecule has 4 nitrogen and oxygen atoms in total. The largest absolute Gasteiger partial charge is 0.491 e. The maximum atomic E-state index is 11.7. The number of nitrogen functional groups attached to an aromatic ring is 1. The van der Waals surface area contributed by atoms with Crippen LogP contribution in [-0.4, -0.2) is 41.6 Å². The molecule has 110 valence electrons. The summed E-state index contributed by atoms with van der Waals surface area (Å²) in [4.78, 5) is 11.7. The maximum Gasteiger partial charge on any atom is 0.223 e. The molecule has 0 radical (unpaired) electrons. The summed E-state index contributed by atoms with van der Waals surface area (Å²) in [5.74, 6) is 4.21. The van der Waals surface area contributed by atoms with Crippen LogP contribution in [0.5, 0.6) is 5.75 Å². The van der Waals surface area contributed by atoms with E-state index in [-0.39, 0.29) is 5.91 Å². The number of amides is 1. The number of hydrogen-bond donors (Lipinski definition) is 2. The van der Waals surface area contributed by atoms with E-state index in [0.717, 1.165) is 12.3 Å². The Morgan fingerprint density at radius 1 is 1.40 bits per heavy atom. The molecule has 1 amide bonds. The zero-order chi connectivity index (χ0) is 14.2. The molecule has 0 bridgehead atoms. The summed E-state index contributed by atoms with van der Waals surface area (Å²) in [5, 5.41) is 3.51. The third-order valence-electron chi connectivity index (χ3n) is 2.92. The first-order chi connectivity index (χ1) is 9.75. The summed E-state index contributed by atoms with van der Waals surface area (Å²) >= 11 is 3.91. The average molecular weight is 312 g/mol. The molecule has 1 atom stereocenters. The molecular weight excluding hydrogens is 292 g/mol. The number of para-hydroxylation sites is 2. The van der Waals surface area contributed by atoms with Gasteiger partial charge in [0.25, 0.3) is 0 Å². The minimum atomic E-state index is 0.0377. The van der Waals surface area contributed by atoms with Crippen LogP contribution in [0.3, 0.4) is 0 Å². The number of nitrogens with two attached hydrogens (primary N) is 1. The zero-order valence-electron chi connectivity index (χ0n) is 11.3. The highest BCUT2D eigenvalue weighted by atomic mass is 32.2. The van der Waals surface area contributed by atoms with Gasteiger partial charge in [-0.15, -0.1) is 0 Å². The molecule has 1 heterocycles. The van der Waals surface area contributed by atoms with E-state index in [2.05, 4.69) is 5.32 Å². The van der Waals surface area contributed by atoms with Gasteiger partial charge in [-0.25, -0.2) is 0 Å². The smallest absolute Gasteiger partial charge is 0.223 e. The number of rotatable bonds is 6. The van der Waals surface area contributed by atoms with Gasteiger partial charge >= 0.3 is 0 Å². The van der Waals surface area contributed by atoms with E-state index >= 15 is 0 Å². The molecule has 6 heteroatoms. The summed E-state index contributed by atoms with van der Waals surface area (Å²) in [6.07, 6.45) is 0.360. The van der Waals surface area contributed by atoms with Crippen LogP contribution in [-0.2, 0) is 4.79 Å². The predicted molar refractivity (Wildman–Crippen MR) is 87.5 cm³/mol. The van der Waals surface area contributed by atoms with Crippen molar-refractivity contribution in [3.8, 4) is 5.75 Å². The van der Waals surface area contributed by atoms with Crippen LogP contribution in [0, 0.1) is 0 Å². The second-order valence-electron chi connectivity index (χ2n) is 4.51. The lowest BCUT2D eigenvalue weighted by Crippen LogP contribution is -2.34. The Labute approximate surface area is 128 Å². The highest BCUT2D eigenvalue weighted by molar-refractivity contribution is 8.06. The van der Waals surface area contributed by atoms with Crippen LogP contribution >= 0.6 is 23.5 Å². The number of carbonyl (C=O) groups is 1. The molecule has 0 spiro atoms. The van der Waals surface area contributed by atoms with Gasteiger partial charge in [0.15, 0.2) is 0 Å². The number of anilines is 1. The van der Waals surface area contributed by atoms with Crippen molar-refractivity contribution in [2.24, 2.45) is 0 Å². The molecule has 0 saturated carbocycles. The van der Waals surface area contributed by atoms with Gasteiger partial charge in [-0.3, -0.25) is 4.79 Å². The fourth-order valence-corrected chi connectivity index (χ4v) is 4.45. The highest BCUT2D eigenvalue weighted by Crippen LogP contribution is 2.23. The summed E-state index contributed by atoms with van der Waals surface area (Å²) in [7, 11) is 0. The number of hydrogen-bond acceptors (Lipinski definition) is 5. The predicted octanol–water partition coefficient (Wildman–Crippen LogP) is 2.00. The fraction of sp³-hybridized carbons (Fsp3) is 0.500. The molecule has 1 aliphatic heterocycles. The standard InChI is InChI=1S/C14H20N2O2S2/c15-12-3-1-2-4-13(12)18-6-5-14(17)16-9-11-10-19-7-8-20-11/h1-4,11H,5-10,15H2,(H,16,17). The van der Waals surface area contributed by atoms with Crippen molar-refractivity contribution in [3.63, 3.8) is 0 Å². The Hall–Kier alpha value is -1.01. The van der Waals surface area contributed by atoms with E-state index < -0.39 is 0 Å². The van der Waals surface area contributed by atoms with Crippen LogP contribution in [0.2, 0.25) is 0 Å². The molecule has 1 saturated heterocycles. The minimum absolute atomic E-state index is 0.0377. The first kappa shape index (κ1) is 15.4. The number of carbonyl (C=O) groups excluding carboxylic acids is 1. The quantitative estimate of drug-likeness (QED) is 0.787. The molecule has 20 heavy (non-hydrogen) atoms. The van der Waals surface area contributed by atoms with Gasteiger partial charge in [0.1, 0.15) is 5.75 Å². The van der Waals surface area contributed by atoms with Crippen LogP contribution in [0.15, 0.2) is 24.3 Å². The van der Waals surface area contributed by atoms with Crippen molar-refractivity contribution in [3.05, 3.63) is 24.3 Å². The fourth-order valence-electron chi connectivity index (χ4n) is 1.84. The van der Waals surface area contributed by atoms with Gasteiger partial charge in [-0.05, 0) is 12.1 Å². The second-order valence-corrected chi connectivity index (χ2v) is 7.07. The highest BCUT2D eigenvalue weighted by Gasteiger charge is 2.15. The molecule has 0 aliphatic carbocycles. The molecule has 1 aromatic carbocycles. The number of ether oxygens (including phenoxy) is 1. The minimum Gasteiger partial charge on any atom is -0.491 e. The summed E-state index contributed by atoms with van der Waals surface area (Å²) in [6, 6.07) is 7.31. The Morgan fingerprint density at radius 3 is 3.00 bits per heavy atom. The molecule has 1 unspecified atom stereocenters. The van der Waals surface area contributed by atoms with Crippen LogP contribution in [0.1, 0.15) is 6.42 Å². The molecule has 1 aliphatic rings. The topological polar surface area (TPSA) is 64.3 Å². The van der Waals surface area contributed by atoms with E-state index in [1.807, 2.05) is 41.7 Å². The lowest BCUT2D eigenvalue weighted by atomic mass is 10.3. The zero-order valence-corrected chi connectivity index (χ0v) is 13.0. The van der Waals surface area contributed by atoms with Gasteiger partial charge < -0.3 is 15.8 Å². The second kappa shape index (κ2) is 8.32. The van der Waals surface area contributed by atoms with Crippen molar-refractivity contribution >= 4 is 35.1 Å². The number of nitrogens with one attached hydrogen (secondary N) is 1. The lowest BCUT2D eigenvalue weighted by Gasteiger charge is -2.21. The summed E-state index contributed by atoms with van der Waals surface area (Å²) in [6.45, 7) is 1.11. The van der Waals surface area contributed by atoms with Gasteiger partial charge in [0.05, 0.1) is 18.7 Å². The van der Waals surface area contributed by atoms with Crippen LogP contribution in [0.25, 0.3) is 0 Å². The Morgan fingerprint density at radius 2 is 2.25 bits per heavy atom. The van der Waals surface area contributed by atoms with Gasteiger partial charge in [-0.2, -0.15) is 23.5 Å². The number of thioether (sulfide) groups is 2. The van der Waals surface area contributed by atoms with Crippen molar-refractivity contribution < 1.29 is 9.53 Å². The SMILES string of the molecule is Nc1ccccc1OCCC(=O)NCC1CSCCS1. The molecule has 0 aromatic heterocycles. The van der Waals surface area contributed by atoms with E-state index in [4.69, 9.17) is 10.5 Å². The lowest BCUT2D eigenvalue weighted by molar-refractivity contribution is -0.121. The van der Waals surface area contributed by atoms with Crippen molar-refractivity contribution in [1.29, 1.82) is 0 Å². The van der Waals surface area contributed by atoms with Crippen molar-refractivity contribution in [2.45, 2.75) is 11.7 Å². The van der Waals surface area contributed by atoms with Crippen molar-refractivity contribution in [1.82, 2.24) is 5.32 Å². The van der Waals surface area contributed by atoms with E-state index in [1.54, 1.807) is 6.07 Å². The van der Waals surface area contributed by atoms with E-state index in [1.165, 1.54) is 11.5 Å². The summed E-state index contributed by atoms with van der Waals surface area (Å²) < 4.78 is 5.50. The Bertz CT molecular complexity index is 437. The molecule has 1 fully saturated rings. The molecule has 1 aromatic rings. The van der Waals surface area contributed by atoms with E-state index in [9.17, 15) is 4.79 Å². The molecule has 3 N–H and O–H groups in total. The Balaban J connectivity index is 1.61. The van der Waals surface area contributed by atoms with Crippen LogP contribution < -0.4 is 15.8 Å². The van der Waals surface area contributed by atoms with Gasteiger partial charge in [0.2, 0.25) is 5.91 Å². The first-order valence-electron chi connectivity index (χ1n) is 6.69. The molecular formula is C14H20N2O2S2. The third kappa shape index (κ3) is 5.17. The van der Waals surface area contributed by atoms with Crippen molar-refractivity contribution in [2.75, 3.05) is 36.1 Å². The Kier molecular flexibility index (Phi) is 6.39. The first-order valence-corrected chi connectivity index (χ1v) is 8.89. The monoisotopic (exact) mass is 312 g/mol. The normalized spacial score (nSPS) is 18.5. The van der Waals surface area contributed by atoms with Gasteiger partial charge in [0, 0.05) is 29.1 Å².